The lowest BCUT2D eigenvalue weighted by molar-refractivity contribution is -0.384. The fourth-order valence-corrected chi connectivity index (χ4v) is 1.30. The van der Waals surface area contributed by atoms with Crippen LogP contribution in [0.2, 0.25) is 0 Å². The van der Waals surface area contributed by atoms with Gasteiger partial charge in [0.2, 0.25) is 0 Å². The van der Waals surface area contributed by atoms with Gasteiger partial charge < -0.3 is 10.4 Å². The van der Waals surface area contributed by atoms with Gasteiger partial charge in [0.15, 0.2) is 0 Å². The molecule has 2 N–H and O–H groups in total. The van der Waals surface area contributed by atoms with Gasteiger partial charge in [0.05, 0.1) is 4.92 Å². The Labute approximate surface area is 94.3 Å². The zero-order valence-corrected chi connectivity index (χ0v) is 9.43. The first-order chi connectivity index (χ1) is 7.54. The van der Waals surface area contributed by atoms with Crippen LogP contribution in [0.3, 0.4) is 0 Å². The molecule has 5 heteroatoms. The molecule has 16 heavy (non-hydrogen) atoms. The number of anilines is 1. The molecule has 1 aromatic rings. The van der Waals surface area contributed by atoms with E-state index in [4.69, 9.17) is 5.11 Å². The van der Waals surface area contributed by atoms with Crippen molar-refractivity contribution in [2.24, 2.45) is 5.92 Å². The van der Waals surface area contributed by atoms with Crippen molar-refractivity contribution in [2.75, 3.05) is 18.5 Å². The molecular weight excluding hydrogens is 208 g/mol. The van der Waals surface area contributed by atoms with Gasteiger partial charge in [0.1, 0.15) is 5.69 Å². The van der Waals surface area contributed by atoms with Crippen LogP contribution in [-0.4, -0.2) is 23.2 Å². The highest BCUT2D eigenvalue weighted by Gasteiger charge is 2.13. The summed E-state index contributed by atoms with van der Waals surface area (Å²) < 4.78 is 0. The number of nitro groups is 1. The normalized spacial score (nSPS) is 12.2. The summed E-state index contributed by atoms with van der Waals surface area (Å²) in [4.78, 5) is 10.4. The summed E-state index contributed by atoms with van der Waals surface area (Å²) in [5.74, 6) is 0.0696. The summed E-state index contributed by atoms with van der Waals surface area (Å²) in [7, 11) is 0. The van der Waals surface area contributed by atoms with Crippen molar-refractivity contribution in [3.8, 4) is 0 Å². The Hall–Kier alpha value is -1.62. The topological polar surface area (TPSA) is 75.4 Å². The van der Waals surface area contributed by atoms with Crippen LogP contribution >= 0.6 is 0 Å². The number of nitrogens with one attached hydrogen (secondary N) is 1. The van der Waals surface area contributed by atoms with Gasteiger partial charge in [-0.3, -0.25) is 10.1 Å². The molecule has 0 spiro atoms. The minimum atomic E-state index is -0.411. The highest BCUT2D eigenvalue weighted by molar-refractivity contribution is 5.62. The van der Waals surface area contributed by atoms with Crippen molar-refractivity contribution < 1.29 is 10.0 Å². The molecule has 0 saturated heterocycles. The molecule has 1 atom stereocenters. The van der Waals surface area contributed by atoms with Gasteiger partial charge in [0, 0.05) is 19.2 Å². The molecule has 0 saturated carbocycles. The zero-order chi connectivity index (χ0) is 12.1. The molecule has 0 amide bonds. The van der Waals surface area contributed by atoms with E-state index in [-0.39, 0.29) is 18.2 Å². The van der Waals surface area contributed by atoms with Crippen molar-refractivity contribution in [1.82, 2.24) is 0 Å². The number of aliphatic hydroxyl groups excluding tert-OH is 1. The number of hydrogen-bond donors (Lipinski definition) is 2. The number of benzene rings is 1. The second-order valence-corrected chi connectivity index (χ2v) is 3.95. The molecule has 0 radical (unpaired) electrons. The van der Waals surface area contributed by atoms with E-state index in [2.05, 4.69) is 5.32 Å². The van der Waals surface area contributed by atoms with Crippen molar-refractivity contribution in [3.05, 3.63) is 33.9 Å². The average Bonchev–Trinajstić information content (AvgIpc) is 2.25. The van der Waals surface area contributed by atoms with Crippen molar-refractivity contribution in [1.29, 1.82) is 0 Å². The summed E-state index contributed by atoms with van der Waals surface area (Å²) in [5, 5.41) is 22.6. The average molecular weight is 224 g/mol. The SMILES string of the molecule is Cc1ccc([N+](=O)[O-])c(NCC(C)CO)c1. The lowest BCUT2D eigenvalue weighted by Crippen LogP contribution is -2.15. The first-order valence-corrected chi connectivity index (χ1v) is 5.14. The molecule has 88 valence electrons. The van der Waals surface area contributed by atoms with Gasteiger partial charge in [-0.15, -0.1) is 0 Å². The van der Waals surface area contributed by atoms with E-state index in [1.54, 1.807) is 12.1 Å². The van der Waals surface area contributed by atoms with E-state index in [0.717, 1.165) is 5.56 Å². The standard InChI is InChI=1S/C11H16N2O3/c1-8-3-4-11(13(15)16)10(5-8)12-6-9(2)7-14/h3-5,9,12,14H,6-7H2,1-2H3. The lowest BCUT2D eigenvalue weighted by atomic mass is 10.1. The van der Waals surface area contributed by atoms with E-state index in [0.29, 0.717) is 12.2 Å². The molecule has 0 aliphatic rings. The fourth-order valence-electron chi connectivity index (χ4n) is 1.30. The monoisotopic (exact) mass is 224 g/mol. The molecule has 0 aromatic heterocycles. The van der Waals surface area contributed by atoms with Crippen LogP contribution in [0, 0.1) is 23.0 Å². The first kappa shape index (κ1) is 12.4. The van der Waals surface area contributed by atoms with Crippen LogP contribution in [0.25, 0.3) is 0 Å². The van der Waals surface area contributed by atoms with E-state index >= 15 is 0 Å². The van der Waals surface area contributed by atoms with Gasteiger partial charge in [-0.25, -0.2) is 0 Å². The fraction of sp³-hybridized carbons (Fsp3) is 0.455. The molecule has 1 aromatic carbocycles. The van der Waals surface area contributed by atoms with Crippen LogP contribution in [0.15, 0.2) is 18.2 Å². The van der Waals surface area contributed by atoms with E-state index in [9.17, 15) is 10.1 Å². The Morgan fingerprint density at radius 1 is 1.56 bits per heavy atom. The van der Waals surface area contributed by atoms with Crippen LogP contribution in [0.1, 0.15) is 12.5 Å². The molecule has 0 aliphatic heterocycles. The predicted molar refractivity (Wildman–Crippen MR) is 62.6 cm³/mol. The van der Waals surface area contributed by atoms with Crippen molar-refractivity contribution in [2.45, 2.75) is 13.8 Å². The predicted octanol–water partition coefficient (Wildman–Crippen LogP) is 1.94. The van der Waals surface area contributed by atoms with Crippen LogP contribution in [0.5, 0.6) is 0 Å². The third kappa shape index (κ3) is 3.20. The second kappa shape index (κ2) is 5.46. The minimum absolute atomic E-state index is 0.0621. The Kier molecular flexibility index (Phi) is 4.25. The molecule has 0 bridgehead atoms. The summed E-state index contributed by atoms with van der Waals surface area (Å²) >= 11 is 0. The van der Waals surface area contributed by atoms with E-state index in [1.165, 1.54) is 6.07 Å². The Bertz CT molecular complexity index is 379. The number of nitro benzene ring substituents is 1. The zero-order valence-electron chi connectivity index (χ0n) is 9.43. The van der Waals surface area contributed by atoms with Gasteiger partial charge in [-0.2, -0.15) is 0 Å². The van der Waals surface area contributed by atoms with Crippen molar-refractivity contribution >= 4 is 11.4 Å². The summed E-state index contributed by atoms with van der Waals surface area (Å²) in [6.45, 7) is 4.33. The summed E-state index contributed by atoms with van der Waals surface area (Å²) in [6, 6.07) is 4.93. The highest BCUT2D eigenvalue weighted by Crippen LogP contribution is 2.25. The van der Waals surface area contributed by atoms with Crippen LogP contribution in [-0.2, 0) is 0 Å². The van der Waals surface area contributed by atoms with E-state index < -0.39 is 4.92 Å². The Balaban J connectivity index is 2.84. The highest BCUT2D eigenvalue weighted by atomic mass is 16.6. The van der Waals surface area contributed by atoms with Crippen LogP contribution < -0.4 is 5.32 Å². The molecule has 0 fully saturated rings. The minimum Gasteiger partial charge on any atom is -0.396 e. The molecule has 1 rings (SSSR count). The maximum absolute atomic E-state index is 10.8. The second-order valence-electron chi connectivity index (χ2n) is 3.95. The molecule has 5 nitrogen and oxygen atoms in total. The number of hydrogen-bond acceptors (Lipinski definition) is 4. The number of aryl methyl sites for hydroxylation is 1. The van der Waals surface area contributed by atoms with Crippen molar-refractivity contribution in [3.63, 3.8) is 0 Å². The maximum Gasteiger partial charge on any atom is 0.292 e. The molecule has 0 aliphatic carbocycles. The number of rotatable bonds is 5. The maximum atomic E-state index is 10.8. The van der Waals surface area contributed by atoms with Crippen LogP contribution in [0.4, 0.5) is 11.4 Å². The number of nitrogens with zero attached hydrogens (tertiary/aromatic N) is 1. The van der Waals surface area contributed by atoms with Gasteiger partial charge in [0.25, 0.3) is 5.69 Å². The summed E-state index contributed by atoms with van der Waals surface area (Å²) in [5.41, 5.74) is 1.53. The lowest BCUT2D eigenvalue weighted by Gasteiger charge is -2.11. The Morgan fingerprint density at radius 2 is 2.25 bits per heavy atom. The third-order valence-corrected chi connectivity index (χ3v) is 2.30. The smallest absolute Gasteiger partial charge is 0.292 e. The quantitative estimate of drug-likeness (QED) is 0.592. The van der Waals surface area contributed by atoms with Gasteiger partial charge >= 0.3 is 0 Å². The molecule has 1 unspecified atom stereocenters. The van der Waals surface area contributed by atoms with Gasteiger partial charge in [-0.05, 0) is 24.5 Å². The number of aliphatic hydroxyl groups is 1. The largest absolute Gasteiger partial charge is 0.396 e. The summed E-state index contributed by atoms with van der Waals surface area (Å²) in [6.07, 6.45) is 0. The van der Waals surface area contributed by atoms with Gasteiger partial charge in [-0.1, -0.05) is 13.0 Å². The third-order valence-electron chi connectivity index (χ3n) is 2.30. The van der Waals surface area contributed by atoms with E-state index in [1.807, 2.05) is 13.8 Å². The Morgan fingerprint density at radius 3 is 2.81 bits per heavy atom. The molecular formula is C11H16N2O3. The first-order valence-electron chi connectivity index (χ1n) is 5.14. The molecule has 0 heterocycles.